The van der Waals surface area contributed by atoms with Crippen LogP contribution in [-0.4, -0.2) is 70.3 Å². The van der Waals surface area contributed by atoms with Crippen LogP contribution in [0.5, 0.6) is 0 Å². The summed E-state index contributed by atoms with van der Waals surface area (Å²) in [6.45, 7) is 2.81. The molecule has 0 bridgehead atoms. The van der Waals surface area contributed by atoms with Gasteiger partial charge < -0.3 is 30.1 Å². The highest BCUT2D eigenvalue weighted by Gasteiger charge is 2.53. The second kappa shape index (κ2) is 9.90. The van der Waals surface area contributed by atoms with E-state index in [-0.39, 0.29) is 31.9 Å². The molecule has 3 N–H and O–H groups in total. The lowest BCUT2D eigenvalue weighted by atomic mass is 9.82. The van der Waals surface area contributed by atoms with E-state index in [9.17, 15) is 24.3 Å². The molecule has 5 rings (SSSR count). The number of esters is 2. The molecule has 0 radical (unpaired) electrons. The molecule has 11 heteroatoms. The number of amides is 2. The molecule has 2 aromatic rings. The number of para-hydroxylation sites is 1. The molecule has 3 aliphatic heterocycles. The van der Waals surface area contributed by atoms with Crippen molar-refractivity contribution in [1.29, 1.82) is 0 Å². The van der Waals surface area contributed by atoms with Crippen LogP contribution >= 0.6 is 0 Å². The Hall–Kier alpha value is -4.25. The standard InChI is InChI=1S/C27H28N4O7/c1-3-21(32)28-11-22(33)29-12-23(34)38-27(4-2)18-10-20-24-16(9-15-7-5-6-8-19(15)30-24)13-31(20)25(35)17(18)14-37-26(27)36/h5-10,25,35H,3-4,11-14H2,1-2H3,(H,28,32)(H,29,33)/t25-,27-/m0/s1. The van der Waals surface area contributed by atoms with E-state index in [0.717, 1.165) is 16.5 Å². The summed E-state index contributed by atoms with van der Waals surface area (Å²) in [6, 6.07) is 9.74. The number of cyclic esters (lactones) is 1. The molecule has 0 fully saturated rings. The molecule has 3 aliphatic rings. The van der Waals surface area contributed by atoms with Gasteiger partial charge in [-0.25, -0.2) is 9.78 Å². The third-order valence-electron chi connectivity index (χ3n) is 7.04. The van der Waals surface area contributed by atoms with Gasteiger partial charge in [-0.2, -0.15) is 0 Å². The molecule has 0 aliphatic carbocycles. The van der Waals surface area contributed by atoms with Gasteiger partial charge in [0.15, 0.2) is 6.23 Å². The molecular weight excluding hydrogens is 492 g/mol. The molecule has 11 nitrogen and oxygen atoms in total. The van der Waals surface area contributed by atoms with Crippen LogP contribution in [0.25, 0.3) is 16.6 Å². The first kappa shape index (κ1) is 25.4. The summed E-state index contributed by atoms with van der Waals surface area (Å²) in [7, 11) is 0. The van der Waals surface area contributed by atoms with E-state index in [1.165, 1.54) is 0 Å². The fourth-order valence-corrected chi connectivity index (χ4v) is 5.00. The van der Waals surface area contributed by atoms with E-state index in [0.29, 0.717) is 29.1 Å². The SMILES string of the molecule is CCC(=O)NCC(=O)NCC(=O)O[C@]1(CC)C(=O)OCC2=C1C=C1c3nc4ccccc4cc3CN1[C@H]2O. The number of aliphatic hydroxyl groups excluding tert-OH is 1. The molecule has 1 aromatic carbocycles. The van der Waals surface area contributed by atoms with Crippen molar-refractivity contribution in [3.05, 3.63) is 58.8 Å². The first-order chi connectivity index (χ1) is 18.3. The average Bonchev–Trinajstić information content (AvgIpc) is 3.28. The summed E-state index contributed by atoms with van der Waals surface area (Å²) in [4.78, 5) is 55.8. The molecule has 0 saturated carbocycles. The number of rotatable bonds is 7. The van der Waals surface area contributed by atoms with Gasteiger partial charge in [-0.1, -0.05) is 32.0 Å². The van der Waals surface area contributed by atoms with Crippen LogP contribution in [0.3, 0.4) is 0 Å². The van der Waals surface area contributed by atoms with Crippen LogP contribution in [0.1, 0.15) is 37.9 Å². The topological polar surface area (TPSA) is 147 Å². The normalized spacial score (nSPS) is 21.7. The second-order valence-corrected chi connectivity index (χ2v) is 9.30. The van der Waals surface area contributed by atoms with Gasteiger partial charge in [0.25, 0.3) is 0 Å². The number of aromatic nitrogens is 1. The van der Waals surface area contributed by atoms with Crippen LogP contribution in [0.4, 0.5) is 0 Å². The van der Waals surface area contributed by atoms with Crippen molar-refractivity contribution in [2.75, 3.05) is 19.7 Å². The number of pyridine rings is 1. The van der Waals surface area contributed by atoms with Gasteiger partial charge in [-0.05, 0) is 30.2 Å². The Kier molecular flexibility index (Phi) is 6.62. The van der Waals surface area contributed by atoms with Crippen molar-refractivity contribution >= 4 is 40.4 Å². The molecule has 0 saturated heterocycles. The molecule has 1 aromatic heterocycles. The Morgan fingerprint density at radius 2 is 1.95 bits per heavy atom. The van der Waals surface area contributed by atoms with Crippen molar-refractivity contribution in [3.63, 3.8) is 0 Å². The number of benzene rings is 1. The fraction of sp³-hybridized carbons (Fsp3) is 0.370. The molecular formula is C27H28N4O7. The number of hydrogen-bond donors (Lipinski definition) is 3. The molecule has 4 heterocycles. The van der Waals surface area contributed by atoms with Gasteiger partial charge in [0.1, 0.15) is 13.2 Å². The van der Waals surface area contributed by atoms with Crippen molar-refractivity contribution in [3.8, 4) is 0 Å². The maximum atomic E-state index is 13.1. The Morgan fingerprint density at radius 1 is 1.18 bits per heavy atom. The minimum atomic E-state index is -1.80. The Labute approximate surface area is 218 Å². The van der Waals surface area contributed by atoms with E-state index >= 15 is 0 Å². The third kappa shape index (κ3) is 4.28. The fourth-order valence-electron chi connectivity index (χ4n) is 5.00. The summed E-state index contributed by atoms with van der Waals surface area (Å²) in [6.07, 6.45) is 0.905. The molecule has 38 heavy (non-hydrogen) atoms. The van der Waals surface area contributed by atoms with Crippen LogP contribution in [0.15, 0.2) is 47.6 Å². The smallest absolute Gasteiger partial charge is 0.355 e. The lowest BCUT2D eigenvalue weighted by Crippen LogP contribution is -2.53. The van der Waals surface area contributed by atoms with Gasteiger partial charge in [-0.3, -0.25) is 14.4 Å². The van der Waals surface area contributed by atoms with Crippen molar-refractivity contribution < 1.29 is 33.8 Å². The molecule has 2 atom stereocenters. The van der Waals surface area contributed by atoms with Gasteiger partial charge in [-0.15, -0.1) is 0 Å². The number of hydrogen-bond acceptors (Lipinski definition) is 9. The highest BCUT2D eigenvalue weighted by molar-refractivity contribution is 5.93. The number of carbonyl (C=O) groups excluding carboxylic acids is 4. The van der Waals surface area contributed by atoms with E-state index < -0.39 is 36.2 Å². The van der Waals surface area contributed by atoms with Crippen molar-refractivity contribution in [2.24, 2.45) is 0 Å². The van der Waals surface area contributed by atoms with Gasteiger partial charge in [0, 0.05) is 29.5 Å². The Morgan fingerprint density at radius 3 is 2.71 bits per heavy atom. The molecule has 0 unspecified atom stereocenters. The largest absolute Gasteiger partial charge is 0.458 e. The van der Waals surface area contributed by atoms with Crippen LogP contribution in [0, 0.1) is 0 Å². The van der Waals surface area contributed by atoms with Crippen LogP contribution in [0.2, 0.25) is 0 Å². The van der Waals surface area contributed by atoms with Crippen LogP contribution < -0.4 is 10.6 Å². The minimum Gasteiger partial charge on any atom is -0.458 e. The first-order valence-corrected chi connectivity index (χ1v) is 12.5. The molecule has 2 amide bonds. The summed E-state index contributed by atoms with van der Waals surface area (Å²) < 4.78 is 11.1. The quantitative estimate of drug-likeness (QED) is 0.453. The highest BCUT2D eigenvalue weighted by Crippen LogP contribution is 2.46. The Balaban J connectivity index is 1.43. The maximum Gasteiger partial charge on any atom is 0.355 e. The molecule has 0 spiro atoms. The van der Waals surface area contributed by atoms with E-state index in [1.807, 2.05) is 30.3 Å². The van der Waals surface area contributed by atoms with Crippen molar-refractivity contribution in [2.45, 2.75) is 45.1 Å². The van der Waals surface area contributed by atoms with E-state index in [1.54, 1.807) is 24.8 Å². The average molecular weight is 521 g/mol. The summed E-state index contributed by atoms with van der Waals surface area (Å²) in [5.74, 6) is -2.49. The Bertz CT molecular complexity index is 1420. The summed E-state index contributed by atoms with van der Waals surface area (Å²) in [5, 5.41) is 17.1. The minimum absolute atomic E-state index is 0.0470. The zero-order chi connectivity index (χ0) is 27.0. The lowest BCUT2D eigenvalue weighted by Gasteiger charge is -2.42. The first-order valence-electron chi connectivity index (χ1n) is 12.5. The van der Waals surface area contributed by atoms with Crippen LogP contribution in [-0.2, 0) is 35.2 Å². The zero-order valence-electron chi connectivity index (χ0n) is 21.1. The highest BCUT2D eigenvalue weighted by atomic mass is 16.6. The predicted octanol–water partition coefficient (Wildman–Crippen LogP) is 0.911. The number of fused-ring (bicyclic) bond motifs is 4. The predicted molar refractivity (Wildman–Crippen MR) is 135 cm³/mol. The van der Waals surface area contributed by atoms with Crippen molar-refractivity contribution in [1.82, 2.24) is 20.5 Å². The number of carbonyl (C=O) groups is 4. The van der Waals surface area contributed by atoms with Gasteiger partial charge >= 0.3 is 11.9 Å². The summed E-state index contributed by atoms with van der Waals surface area (Å²) in [5.41, 5.74) is 2.01. The number of nitrogens with one attached hydrogen (secondary N) is 2. The monoisotopic (exact) mass is 520 g/mol. The van der Waals surface area contributed by atoms with Gasteiger partial charge in [0.2, 0.25) is 17.4 Å². The number of ether oxygens (including phenoxy) is 2. The number of aliphatic hydroxyl groups is 1. The third-order valence-corrected chi connectivity index (χ3v) is 7.04. The number of nitrogens with zero attached hydrogens (tertiary/aromatic N) is 2. The van der Waals surface area contributed by atoms with E-state index in [4.69, 9.17) is 14.5 Å². The zero-order valence-corrected chi connectivity index (χ0v) is 21.1. The molecule has 198 valence electrons. The second-order valence-electron chi connectivity index (χ2n) is 9.30. The van der Waals surface area contributed by atoms with Gasteiger partial charge in [0.05, 0.1) is 23.5 Å². The lowest BCUT2D eigenvalue weighted by molar-refractivity contribution is -0.180. The van der Waals surface area contributed by atoms with E-state index in [2.05, 4.69) is 10.6 Å². The maximum absolute atomic E-state index is 13.1. The summed E-state index contributed by atoms with van der Waals surface area (Å²) >= 11 is 0.